The monoisotopic (exact) mass is 301 g/mol. The number of carboxylic acids is 1. The lowest BCUT2D eigenvalue weighted by atomic mass is 10.0. The summed E-state index contributed by atoms with van der Waals surface area (Å²) in [6.07, 6.45) is 1.44. The predicted molar refractivity (Wildman–Crippen MR) is 80.0 cm³/mol. The van der Waals surface area contributed by atoms with Crippen molar-refractivity contribution in [3.8, 4) is 0 Å². The van der Waals surface area contributed by atoms with Gasteiger partial charge in [-0.25, -0.2) is 4.79 Å². The van der Waals surface area contributed by atoms with Gasteiger partial charge in [0.05, 0.1) is 0 Å². The molecule has 0 saturated heterocycles. The molecule has 0 spiro atoms. The van der Waals surface area contributed by atoms with Gasteiger partial charge in [-0.1, -0.05) is 6.92 Å². The van der Waals surface area contributed by atoms with Crippen molar-refractivity contribution < 1.29 is 19.5 Å². The third kappa shape index (κ3) is 8.88. The summed E-state index contributed by atoms with van der Waals surface area (Å²) >= 11 is 0. The van der Waals surface area contributed by atoms with Crippen LogP contribution in [0.3, 0.4) is 0 Å². The normalized spacial score (nSPS) is 13.1. The van der Waals surface area contributed by atoms with E-state index >= 15 is 0 Å². The highest BCUT2D eigenvalue weighted by Gasteiger charge is 2.18. The molecule has 3 amide bonds. The van der Waals surface area contributed by atoms with Crippen LogP contribution < -0.4 is 10.6 Å². The van der Waals surface area contributed by atoms with Crippen molar-refractivity contribution >= 4 is 17.9 Å². The summed E-state index contributed by atoms with van der Waals surface area (Å²) in [6.45, 7) is 6.50. The molecule has 0 radical (unpaired) electrons. The summed E-state index contributed by atoms with van der Waals surface area (Å²) < 4.78 is 0. The first-order valence-corrected chi connectivity index (χ1v) is 7.29. The maximum Gasteiger partial charge on any atom is 0.315 e. The number of carbonyl (C=O) groups is 3. The molecule has 0 aromatic rings. The Hall–Kier alpha value is -1.79. The van der Waals surface area contributed by atoms with E-state index in [1.54, 1.807) is 18.9 Å². The number of hydrogen-bond donors (Lipinski definition) is 3. The lowest BCUT2D eigenvalue weighted by molar-refractivity contribution is -0.137. The molecule has 0 heterocycles. The van der Waals surface area contributed by atoms with Crippen molar-refractivity contribution in [2.45, 2.75) is 46.1 Å². The molecule has 2 atom stereocenters. The van der Waals surface area contributed by atoms with Crippen LogP contribution in [0, 0.1) is 5.92 Å². The highest BCUT2D eigenvalue weighted by Crippen LogP contribution is 2.08. The third-order valence-electron chi connectivity index (χ3n) is 3.34. The molecular weight excluding hydrogens is 274 g/mol. The van der Waals surface area contributed by atoms with Gasteiger partial charge in [0.25, 0.3) is 0 Å². The van der Waals surface area contributed by atoms with E-state index < -0.39 is 12.0 Å². The van der Waals surface area contributed by atoms with Gasteiger partial charge in [0.15, 0.2) is 0 Å². The maximum atomic E-state index is 11.8. The summed E-state index contributed by atoms with van der Waals surface area (Å²) in [6, 6.07) is -0.954. The molecule has 0 aliphatic carbocycles. The minimum atomic E-state index is -0.806. The molecule has 0 saturated carbocycles. The molecule has 122 valence electrons. The summed E-state index contributed by atoms with van der Waals surface area (Å²) in [5.74, 6) is -0.714. The molecule has 0 aliphatic heterocycles. The zero-order valence-electron chi connectivity index (χ0n) is 13.3. The van der Waals surface area contributed by atoms with Crippen LogP contribution in [0.2, 0.25) is 0 Å². The maximum absolute atomic E-state index is 11.8. The minimum absolute atomic E-state index is 0.137. The standard InChI is InChI=1S/C14H27N3O4/c1-5-17(4)13(20)11(3)16-14(21)15-9-8-10(2)6-7-12(18)19/h10-11H,5-9H2,1-4H3,(H,18,19)(H2,15,16,21). The minimum Gasteiger partial charge on any atom is -0.481 e. The van der Waals surface area contributed by atoms with Gasteiger partial charge in [-0.05, 0) is 32.6 Å². The molecule has 2 unspecified atom stereocenters. The Bertz CT molecular complexity index is 360. The van der Waals surface area contributed by atoms with E-state index in [-0.39, 0.29) is 24.3 Å². The zero-order chi connectivity index (χ0) is 16.4. The first kappa shape index (κ1) is 19.2. The Kier molecular flexibility index (Phi) is 9.16. The van der Waals surface area contributed by atoms with Crippen molar-refractivity contribution in [1.82, 2.24) is 15.5 Å². The van der Waals surface area contributed by atoms with Crippen LogP contribution in [-0.2, 0) is 9.59 Å². The van der Waals surface area contributed by atoms with Gasteiger partial charge < -0.3 is 20.6 Å². The van der Waals surface area contributed by atoms with E-state index in [1.165, 1.54) is 0 Å². The molecule has 0 bridgehead atoms. The molecule has 7 nitrogen and oxygen atoms in total. The first-order chi connectivity index (χ1) is 9.77. The van der Waals surface area contributed by atoms with Crippen molar-refractivity contribution in [3.63, 3.8) is 0 Å². The summed E-state index contributed by atoms with van der Waals surface area (Å²) in [7, 11) is 1.68. The molecule has 7 heteroatoms. The Balaban J connectivity index is 3.89. The van der Waals surface area contributed by atoms with E-state index in [4.69, 9.17) is 5.11 Å². The number of carbonyl (C=O) groups excluding carboxylic acids is 2. The average Bonchev–Trinajstić information content (AvgIpc) is 2.43. The van der Waals surface area contributed by atoms with Gasteiger partial charge in [0, 0.05) is 26.6 Å². The molecule has 3 N–H and O–H groups in total. The van der Waals surface area contributed by atoms with Gasteiger partial charge in [0.1, 0.15) is 6.04 Å². The van der Waals surface area contributed by atoms with Crippen LogP contribution in [-0.4, -0.2) is 54.1 Å². The highest BCUT2D eigenvalue weighted by molar-refractivity contribution is 5.86. The SMILES string of the molecule is CCN(C)C(=O)C(C)NC(=O)NCCC(C)CCC(=O)O. The van der Waals surface area contributed by atoms with Crippen LogP contribution >= 0.6 is 0 Å². The number of aliphatic carboxylic acids is 1. The topological polar surface area (TPSA) is 98.7 Å². The number of rotatable bonds is 9. The number of urea groups is 1. The highest BCUT2D eigenvalue weighted by atomic mass is 16.4. The Labute approximate surface area is 126 Å². The molecule has 21 heavy (non-hydrogen) atoms. The van der Waals surface area contributed by atoms with E-state index in [1.807, 2.05) is 13.8 Å². The second-order valence-corrected chi connectivity index (χ2v) is 5.30. The van der Waals surface area contributed by atoms with Crippen LogP contribution in [0.15, 0.2) is 0 Å². The fourth-order valence-corrected chi connectivity index (χ4v) is 1.74. The molecular formula is C14H27N3O4. The lowest BCUT2D eigenvalue weighted by Crippen LogP contribution is -2.49. The van der Waals surface area contributed by atoms with Gasteiger partial charge in [0.2, 0.25) is 5.91 Å². The summed E-state index contributed by atoms with van der Waals surface area (Å²) in [4.78, 5) is 35.4. The smallest absolute Gasteiger partial charge is 0.315 e. The second kappa shape index (κ2) is 10.0. The largest absolute Gasteiger partial charge is 0.481 e. The van der Waals surface area contributed by atoms with Crippen molar-refractivity contribution in [2.75, 3.05) is 20.1 Å². The zero-order valence-corrected chi connectivity index (χ0v) is 13.3. The Morgan fingerprint density at radius 2 is 1.81 bits per heavy atom. The summed E-state index contributed by atoms with van der Waals surface area (Å²) in [5, 5.41) is 13.8. The molecule has 0 aromatic carbocycles. The number of hydrogen-bond acceptors (Lipinski definition) is 3. The van der Waals surface area contributed by atoms with Crippen molar-refractivity contribution in [2.24, 2.45) is 5.92 Å². The van der Waals surface area contributed by atoms with Crippen LogP contribution in [0.1, 0.15) is 40.0 Å². The van der Waals surface area contributed by atoms with E-state index in [9.17, 15) is 14.4 Å². The van der Waals surface area contributed by atoms with Crippen LogP contribution in [0.4, 0.5) is 4.79 Å². The van der Waals surface area contributed by atoms with Gasteiger partial charge in [-0.15, -0.1) is 0 Å². The van der Waals surface area contributed by atoms with Crippen LogP contribution in [0.5, 0.6) is 0 Å². The van der Waals surface area contributed by atoms with E-state index in [0.29, 0.717) is 25.9 Å². The first-order valence-electron chi connectivity index (χ1n) is 7.29. The number of likely N-dealkylation sites (N-methyl/N-ethyl adjacent to an activating group) is 1. The average molecular weight is 301 g/mol. The molecule has 0 rings (SSSR count). The van der Waals surface area contributed by atoms with Crippen molar-refractivity contribution in [1.29, 1.82) is 0 Å². The Morgan fingerprint density at radius 3 is 2.33 bits per heavy atom. The third-order valence-corrected chi connectivity index (χ3v) is 3.34. The Morgan fingerprint density at radius 1 is 1.19 bits per heavy atom. The quantitative estimate of drug-likeness (QED) is 0.592. The van der Waals surface area contributed by atoms with E-state index in [2.05, 4.69) is 10.6 Å². The van der Waals surface area contributed by atoms with Crippen molar-refractivity contribution in [3.05, 3.63) is 0 Å². The second-order valence-electron chi connectivity index (χ2n) is 5.30. The predicted octanol–water partition coefficient (Wildman–Crippen LogP) is 1.04. The van der Waals surface area contributed by atoms with Gasteiger partial charge >= 0.3 is 12.0 Å². The fourth-order valence-electron chi connectivity index (χ4n) is 1.74. The van der Waals surface area contributed by atoms with Gasteiger partial charge in [-0.3, -0.25) is 9.59 Å². The number of nitrogens with one attached hydrogen (secondary N) is 2. The summed E-state index contributed by atoms with van der Waals surface area (Å²) in [5.41, 5.74) is 0. The molecule has 0 aliphatic rings. The number of nitrogens with zero attached hydrogens (tertiary/aromatic N) is 1. The van der Waals surface area contributed by atoms with Crippen LogP contribution in [0.25, 0.3) is 0 Å². The molecule has 0 aromatic heterocycles. The fraction of sp³-hybridized carbons (Fsp3) is 0.786. The van der Waals surface area contributed by atoms with Gasteiger partial charge in [-0.2, -0.15) is 0 Å². The lowest BCUT2D eigenvalue weighted by Gasteiger charge is -2.20. The molecule has 0 fully saturated rings. The van der Waals surface area contributed by atoms with E-state index in [0.717, 1.165) is 0 Å². The number of amides is 3. The number of carboxylic acid groups (broad SMARTS) is 1.